The number of thioether (sulfide) groups is 1. The second-order valence-electron chi connectivity index (χ2n) is 7.48. The van der Waals surface area contributed by atoms with Crippen LogP contribution in [0.5, 0.6) is 5.75 Å². The molecule has 4 rings (SSSR count). The molecule has 1 aliphatic rings. The number of nitrogens with one attached hydrogen (secondary N) is 2. The largest absolute Gasteiger partial charge is 0.497 e. The van der Waals surface area contributed by atoms with Crippen LogP contribution in [0.2, 0.25) is 0 Å². The van der Waals surface area contributed by atoms with E-state index in [2.05, 4.69) is 20.8 Å². The van der Waals surface area contributed by atoms with Crippen LogP contribution in [0.4, 0.5) is 16.5 Å². The highest BCUT2D eigenvalue weighted by molar-refractivity contribution is 8.01. The number of rotatable bonds is 9. The number of aromatic nitrogens is 2. The van der Waals surface area contributed by atoms with Crippen molar-refractivity contribution in [1.82, 2.24) is 10.2 Å². The second kappa shape index (κ2) is 11.1. The summed E-state index contributed by atoms with van der Waals surface area (Å²) in [5.41, 5.74) is 1.49. The summed E-state index contributed by atoms with van der Waals surface area (Å²) < 4.78 is 5.75. The third-order valence-corrected chi connectivity index (χ3v) is 7.10. The molecule has 2 heterocycles. The smallest absolute Gasteiger partial charge is 0.231 e. The third kappa shape index (κ3) is 6.12. The first-order valence-corrected chi connectivity index (χ1v) is 12.4. The van der Waals surface area contributed by atoms with Crippen molar-refractivity contribution in [3.05, 3.63) is 54.6 Å². The number of para-hydroxylation sites is 1. The average molecular weight is 498 g/mol. The van der Waals surface area contributed by atoms with Crippen molar-refractivity contribution in [1.29, 1.82) is 0 Å². The Hall–Kier alpha value is -3.44. The summed E-state index contributed by atoms with van der Waals surface area (Å²) in [5, 5.41) is 14.0. The Morgan fingerprint density at radius 3 is 2.62 bits per heavy atom. The van der Waals surface area contributed by atoms with Crippen LogP contribution in [0.15, 0.2) is 58.9 Å². The molecule has 0 radical (unpaired) electrons. The van der Waals surface area contributed by atoms with Crippen LogP contribution in [0.3, 0.4) is 0 Å². The number of amides is 3. The van der Waals surface area contributed by atoms with Gasteiger partial charge in [-0.15, -0.1) is 10.2 Å². The minimum absolute atomic E-state index is 0.0761. The summed E-state index contributed by atoms with van der Waals surface area (Å²) in [6.07, 6.45) is 0.460. The van der Waals surface area contributed by atoms with E-state index in [0.717, 1.165) is 11.4 Å². The van der Waals surface area contributed by atoms with Crippen molar-refractivity contribution in [2.45, 2.75) is 17.2 Å². The van der Waals surface area contributed by atoms with Crippen LogP contribution in [-0.4, -0.2) is 47.3 Å². The van der Waals surface area contributed by atoms with E-state index < -0.39 is 5.92 Å². The maximum absolute atomic E-state index is 12.6. The van der Waals surface area contributed by atoms with Crippen LogP contribution in [-0.2, 0) is 14.4 Å². The topological polar surface area (TPSA) is 114 Å². The van der Waals surface area contributed by atoms with Gasteiger partial charge in [-0.3, -0.25) is 14.4 Å². The average Bonchev–Trinajstić information content (AvgIpc) is 3.46. The standard InChI is InChI=1S/C23H23N5O4S2/c1-32-18-9-7-16(8-10-18)24-19(29)11-12-33-23-27-26-22(34-23)25-21(31)15-13-20(30)28(14-15)17-5-3-2-4-6-17/h2-10,15H,11-14H2,1H3,(H,24,29)(H,25,26,31). The van der Waals surface area contributed by atoms with Crippen LogP contribution < -0.4 is 20.3 Å². The quantitative estimate of drug-likeness (QED) is 0.343. The second-order valence-corrected chi connectivity index (χ2v) is 9.80. The van der Waals surface area contributed by atoms with Crippen molar-refractivity contribution in [3.63, 3.8) is 0 Å². The Morgan fingerprint density at radius 1 is 1.12 bits per heavy atom. The molecular formula is C23H23N5O4S2. The highest BCUT2D eigenvalue weighted by Gasteiger charge is 2.35. The summed E-state index contributed by atoms with van der Waals surface area (Å²) in [5.74, 6) is 0.360. The normalized spacial score (nSPS) is 15.3. The van der Waals surface area contributed by atoms with E-state index in [1.54, 1.807) is 36.3 Å². The lowest BCUT2D eigenvalue weighted by Crippen LogP contribution is -2.28. The monoisotopic (exact) mass is 497 g/mol. The number of ether oxygens (including phenoxy) is 1. The van der Waals surface area contributed by atoms with Gasteiger partial charge in [0.05, 0.1) is 13.0 Å². The molecule has 3 aromatic rings. The van der Waals surface area contributed by atoms with Gasteiger partial charge in [-0.25, -0.2) is 0 Å². The van der Waals surface area contributed by atoms with E-state index in [1.165, 1.54) is 23.1 Å². The molecule has 9 nitrogen and oxygen atoms in total. The van der Waals surface area contributed by atoms with E-state index in [-0.39, 0.29) is 24.1 Å². The summed E-state index contributed by atoms with van der Waals surface area (Å²) in [6, 6.07) is 16.4. The Kier molecular flexibility index (Phi) is 7.76. The number of benzene rings is 2. The van der Waals surface area contributed by atoms with E-state index >= 15 is 0 Å². The molecule has 176 valence electrons. The lowest BCUT2D eigenvalue weighted by Gasteiger charge is -2.16. The van der Waals surface area contributed by atoms with Gasteiger partial charge >= 0.3 is 0 Å². The van der Waals surface area contributed by atoms with Crippen molar-refractivity contribution in [2.24, 2.45) is 5.92 Å². The molecule has 1 saturated heterocycles. The predicted molar refractivity (Wildman–Crippen MR) is 132 cm³/mol. The van der Waals surface area contributed by atoms with Gasteiger partial charge in [0.2, 0.25) is 22.9 Å². The summed E-state index contributed by atoms with van der Waals surface area (Å²) in [7, 11) is 1.59. The van der Waals surface area contributed by atoms with E-state index in [1.807, 2.05) is 30.3 Å². The van der Waals surface area contributed by atoms with Gasteiger partial charge in [0.15, 0.2) is 4.34 Å². The van der Waals surface area contributed by atoms with E-state index in [4.69, 9.17) is 4.74 Å². The fourth-order valence-corrected chi connectivity index (χ4v) is 5.16. The van der Waals surface area contributed by atoms with Gasteiger partial charge in [0.25, 0.3) is 0 Å². The lowest BCUT2D eigenvalue weighted by atomic mass is 10.1. The molecule has 34 heavy (non-hydrogen) atoms. The van der Waals surface area contributed by atoms with E-state index in [0.29, 0.717) is 33.9 Å². The molecule has 0 aliphatic carbocycles. The van der Waals surface area contributed by atoms with Crippen molar-refractivity contribution < 1.29 is 19.1 Å². The summed E-state index contributed by atoms with van der Waals surface area (Å²) >= 11 is 2.64. The zero-order valence-electron chi connectivity index (χ0n) is 18.4. The molecule has 0 saturated carbocycles. The highest BCUT2D eigenvalue weighted by atomic mass is 32.2. The fraction of sp³-hybridized carbons (Fsp3) is 0.261. The number of hydrogen-bond acceptors (Lipinski definition) is 8. The van der Waals surface area contributed by atoms with Crippen molar-refractivity contribution in [3.8, 4) is 5.75 Å². The Morgan fingerprint density at radius 2 is 1.88 bits per heavy atom. The SMILES string of the molecule is COc1ccc(NC(=O)CCSc2nnc(NC(=O)C3CC(=O)N(c4ccccc4)C3)s2)cc1. The molecular weight excluding hydrogens is 474 g/mol. The van der Waals surface area contributed by atoms with Crippen molar-refractivity contribution in [2.75, 3.05) is 34.9 Å². The molecule has 0 bridgehead atoms. The number of anilines is 3. The number of carbonyl (C=O) groups is 3. The van der Waals surface area contributed by atoms with E-state index in [9.17, 15) is 14.4 Å². The first kappa shape index (κ1) is 23.7. The maximum atomic E-state index is 12.6. The minimum atomic E-state index is -0.450. The molecule has 2 N–H and O–H groups in total. The minimum Gasteiger partial charge on any atom is -0.497 e. The first-order valence-electron chi connectivity index (χ1n) is 10.6. The fourth-order valence-electron chi connectivity index (χ4n) is 3.40. The van der Waals surface area contributed by atoms with Crippen LogP contribution in [0.25, 0.3) is 0 Å². The Bertz CT molecular complexity index is 1150. The lowest BCUT2D eigenvalue weighted by molar-refractivity contribution is -0.122. The third-order valence-electron chi connectivity index (χ3n) is 5.13. The molecule has 1 atom stereocenters. The zero-order valence-corrected chi connectivity index (χ0v) is 20.0. The molecule has 1 aliphatic heterocycles. The number of nitrogens with zero attached hydrogens (tertiary/aromatic N) is 3. The number of carbonyl (C=O) groups excluding carboxylic acids is 3. The Balaban J connectivity index is 1.21. The molecule has 11 heteroatoms. The van der Waals surface area contributed by atoms with Gasteiger partial charge in [0.1, 0.15) is 5.75 Å². The summed E-state index contributed by atoms with van der Waals surface area (Å²) in [6.45, 7) is 0.332. The Labute approximate surface area is 204 Å². The van der Waals surface area contributed by atoms with Crippen LogP contribution in [0, 0.1) is 5.92 Å². The van der Waals surface area contributed by atoms with Crippen LogP contribution >= 0.6 is 23.1 Å². The summed E-state index contributed by atoms with van der Waals surface area (Å²) in [4.78, 5) is 38.7. The molecule has 0 spiro atoms. The maximum Gasteiger partial charge on any atom is 0.231 e. The van der Waals surface area contributed by atoms with Crippen LogP contribution in [0.1, 0.15) is 12.8 Å². The first-order chi connectivity index (χ1) is 16.5. The molecule has 1 fully saturated rings. The van der Waals surface area contributed by atoms with Gasteiger partial charge < -0.3 is 20.3 Å². The zero-order chi connectivity index (χ0) is 23.9. The van der Waals surface area contributed by atoms with Gasteiger partial charge in [-0.1, -0.05) is 41.3 Å². The van der Waals surface area contributed by atoms with Gasteiger partial charge in [-0.05, 0) is 36.4 Å². The van der Waals surface area contributed by atoms with Gasteiger partial charge in [-0.2, -0.15) is 0 Å². The predicted octanol–water partition coefficient (Wildman–Crippen LogP) is 3.66. The number of hydrogen-bond donors (Lipinski definition) is 2. The number of methoxy groups -OCH3 is 1. The van der Waals surface area contributed by atoms with Crippen molar-refractivity contribution >= 4 is 57.3 Å². The highest BCUT2D eigenvalue weighted by Crippen LogP contribution is 2.29. The van der Waals surface area contributed by atoms with Gasteiger partial charge in [0, 0.05) is 36.5 Å². The molecule has 3 amide bonds. The molecule has 1 aromatic heterocycles. The molecule has 2 aromatic carbocycles. The molecule has 1 unspecified atom stereocenters.